The first-order valence-electron chi connectivity index (χ1n) is 17.0. The standard InChI is InChI=1S/C42H36N4/c1-26-21-29-22-30-24-42(23-26,25-35(29)30)40-43-39(28-12-3-2-4-13-28)44-41(45-40)46-36-19-8-7-16-34(36)38-33(18-10-20-37(38)46)32-17-9-14-27-11-5-6-15-31(27)32/h2-20,26,29-30,35H,21-25H2,1H3/t26-,29?,30-,35?,42?/m0/s1. The molecule has 0 amide bonds. The van der Waals surface area contributed by atoms with Crippen LogP contribution < -0.4 is 0 Å². The number of benzene rings is 5. The number of para-hydroxylation sites is 1. The maximum atomic E-state index is 5.52. The summed E-state index contributed by atoms with van der Waals surface area (Å²) in [6, 6.07) is 41.3. The van der Waals surface area contributed by atoms with Crippen LogP contribution in [0, 0.1) is 23.7 Å². The summed E-state index contributed by atoms with van der Waals surface area (Å²) in [7, 11) is 0. The van der Waals surface area contributed by atoms with Gasteiger partial charge in [-0.15, -0.1) is 0 Å². The van der Waals surface area contributed by atoms with Crippen LogP contribution in [-0.2, 0) is 5.41 Å². The molecule has 2 bridgehead atoms. The number of hydrogen-bond acceptors (Lipinski definition) is 3. The van der Waals surface area contributed by atoms with Gasteiger partial charge >= 0.3 is 0 Å². The number of nitrogens with zero attached hydrogens (tertiary/aromatic N) is 4. The lowest BCUT2D eigenvalue weighted by Crippen LogP contribution is -2.34. The van der Waals surface area contributed by atoms with Crippen molar-refractivity contribution in [2.45, 2.75) is 44.4 Å². The van der Waals surface area contributed by atoms with Crippen LogP contribution in [0.5, 0.6) is 0 Å². The van der Waals surface area contributed by atoms with Crippen molar-refractivity contribution >= 4 is 32.6 Å². The van der Waals surface area contributed by atoms with Crippen molar-refractivity contribution in [3.63, 3.8) is 0 Å². The largest absolute Gasteiger partial charge is 0.278 e. The molecule has 3 aliphatic carbocycles. The number of rotatable bonds is 4. The molecule has 10 rings (SSSR count). The molecule has 5 atom stereocenters. The van der Waals surface area contributed by atoms with Gasteiger partial charge in [0.15, 0.2) is 5.82 Å². The monoisotopic (exact) mass is 596 g/mol. The van der Waals surface area contributed by atoms with Crippen LogP contribution in [0.15, 0.2) is 115 Å². The number of aromatic nitrogens is 4. The fraction of sp³-hybridized carbons (Fsp3) is 0.262. The van der Waals surface area contributed by atoms with Gasteiger partial charge < -0.3 is 0 Å². The molecular formula is C42H36N4. The molecule has 3 fully saturated rings. The summed E-state index contributed by atoms with van der Waals surface area (Å²) in [6.07, 6.45) is 6.37. The van der Waals surface area contributed by atoms with Crippen molar-refractivity contribution in [1.29, 1.82) is 0 Å². The zero-order valence-corrected chi connectivity index (χ0v) is 26.1. The average Bonchev–Trinajstić information content (AvgIpc) is 3.55. The van der Waals surface area contributed by atoms with Crippen molar-refractivity contribution in [2.75, 3.05) is 0 Å². The van der Waals surface area contributed by atoms with Gasteiger partial charge in [0.2, 0.25) is 5.95 Å². The molecule has 2 aromatic heterocycles. The number of hydrogen-bond donors (Lipinski definition) is 0. The highest BCUT2D eigenvalue weighted by Gasteiger charge is 2.58. The summed E-state index contributed by atoms with van der Waals surface area (Å²) in [5, 5.41) is 4.96. The van der Waals surface area contributed by atoms with Gasteiger partial charge in [-0.25, -0.2) is 4.98 Å². The Morgan fingerprint density at radius 2 is 1.35 bits per heavy atom. The van der Waals surface area contributed by atoms with E-state index in [1.54, 1.807) is 0 Å². The van der Waals surface area contributed by atoms with Gasteiger partial charge in [0.05, 0.1) is 11.0 Å². The molecule has 0 aliphatic heterocycles. The Kier molecular flexibility index (Phi) is 5.64. The molecule has 0 N–H and O–H groups in total. The average molecular weight is 597 g/mol. The van der Waals surface area contributed by atoms with E-state index in [1.165, 1.54) is 64.8 Å². The van der Waals surface area contributed by atoms with Crippen LogP contribution >= 0.6 is 0 Å². The molecule has 3 saturated carbocycles. The minimum Gasteiger partial charge on any atom is -0.278 e. The van der Waals surface area contributed by atoms with Gasteiger partial charge in [-0.1, -0.05) is 110 Å². The van der Waals surface area contributed by atoms with Crippen molar-refractivity contribution in [1.82, 2.24) is 19.5 Å². The lowest BCUT2D eigenvalue weighted by Gasteiger charge is -2.42. The molecule has 3 unspecified atom stereocenters. The second-order valence-corrected chi connectivity index (χ2v) is 14.4. The zero-order chi connectivity index (χ0) is 30.4. The quantitative estimate of drug-likeness (QED) is 0.203. The van der Waals surface area contributed by atoms with Gasteiger partial charge in [-0.05, 0) is 89.8 Å². The molecule has 4 heteroatoms. The first-order valence-corrected chi connectivity index (χ1v) is 17.0. The van der Waals surface area contributed by atoms with Gasteiger partial charge in [0.25, 0.3) is 0 Å². The third-order valence-corrected chi connectivity index (χ3v) is 11.6. The molecule has 46 heavy (non-hydrogen) atoms. The van der Waals surface area contributed by atoms with E-state index in [1.807, 2.05) is 0 Å². The van der Waals surface area contributed by atoms with Crippen LogP contribution in [0.2, 0.25) is 0 Å². The molecular weight excluding hydrogens is 560 g/mol. The van der Waals surface area contributed by atoms with Crippen LogP contribution in [0.25, 0.3) is 61.0 Å². The van der Waals surface area contributed by atoms with E-state index in [0.717, 1.165) is 51.9 Å². The zero-order valence-electron chi connectivity index (χ0n) is 26.1. The van der Waals surface area contributed by atoms with Crippen LogP contribution in [0.4, 0.5) is 0 Å². The van der Waals surface area contributed by atoms with Gasteiger partial charge in [0.1, 0.15) is 5.82 Å². The summed E-state index contributed by atoms with van der Waals surface area (Å²) < 4.78 is 2.31. The normalized spacial score (nSPS) is 25.2. The van der Waals surface area contributed by atoms with Gasteiger partial charge in [-0.2, -0.15) is 9.97 Å². The van der Waals surface area contributed by atoms with E-state index in [2.05, 4.69) is 127 Å². The Bertz CT molecular complexity index is 2290. The summed E-state index contributed by atoms with van der Waals surface area (Å²) in [5.41, 5.74) is 5.79. The topological polar surface area (TPSA) is 43.6 Å². The number of fused-ring (bicyclic) bond motifs is 5. The highest BCUT2D eigenvalue weighted by Crippen LogP contribution is 2.64. The van der Waals surface area contributed by atoms with Gasteiger partial charge in [0, 0.05) is 21.8 Å². The SMILES string of the molecule is C[C@H]1CC2C[C@H]3CC(c4nc(-c5ccccc5)nc(-n5c6ccccc6c6c(-c7cccc8ccccc78)cccc65)n4)(CC23)C1. The van der Waals surface area contributed by atoms with Crippen molar-refractivity contribution < 1.29 is 0 Å². The Morgan fingerprint density at radius 3 is 2.26 bits per heavy atom. The highest BCUT2D eigenvalue weighted by atomic mass is 15.2. The Morgan fingerprint density at radius 1 is 0.609 bits per heavy atom. The second kappa shape index (κ2) is 9.83. The molecule has 0 saturated heterocycles. The van der Waals surface area contributed by atoms with E-state index in [-0.39, 0.29) is 5.41 Å². The fourth-order valence-corrected chi connectivity index (χ4v) is 9.85. The summed E-state index contributed by atoms with van der Waals surface area (Å²) in [4.78, 5) is 16.2. The molecule has 5 aromatic carbocycles. The Hall–Kier alpha value is -4.83. The smallest absolute Gasteiger partial charge is 0.238 e. The fourth-order valence-electron chi connectivity index (χ4n) is 9.85. The minimum atomic E-state index is 0.0219. The molecule has 4 nitrogen and oxygen atoms in total. The van der Waals surface area contributed by atoms with E-state index < -0.39 is 0 Å². The molecule has 2 heterocycles. The molecule has 224 valence electrons. The first kappa shape index (κ1) is 26.4. The first-order chi connectivity index (χ1) is 22.6. The predicted molar refractivity (Wildman–Crippen MR) is 187 cm³/mol. The maximum absolute atomic E-state index is 5.52. The Balaban J connectivity index is 1.25. The minimum absolute atomic E-state index is 0.0219. The summed E-state index contributed by atoms with van der Waals surface area (Å²) >= 11 is 0. The van der Waals surface area contributed by atoms with Gasteiger partial charge in [-0.3, -0.25) is 4.57 Å². The molecule has 3 aliphatic rings. The molecule has 0 spiro atoms. The molecule has 7 aromatic rings. The lowest BCUT2D eigenvalue weighted by atomic mass is 9.63. The van der Waals surface area contributed by atoms with E-state index in [0.29, 0.717) is 5.92 Å². The van der Waals surface area contributed by atoms with Crippen LogP contribution in [0.1, 0.15) is 44.9 Å². The summed E-state index contributed by atoms with van der Waals surface area (Å²) in [6.45, 7) is 2.46. The van der Waals surface area contributed by atoms with E-state index in [4.69, 9.17) is 15.0 Å². The lowest BCUT2D eigenvalue weighted by molar-refractivity contribution is 0.0777. The van der Waals surface area contributed by atoms with Crippen molar-refractivity contribution in [3.05, 3.63) is 121 Å². The molecule has 0 radical (unpaired) electrons. The van der Waals surface area contributed by atoms with Crippen LogP contribution in [-0.4, -0.2) is 19.5 Å². The maximum Gasteiger partial charge on any atom is 0.238 e. The van der Waals surface area contributed by atoms with E-state index >= 15 is 0 Å². The van der Waals surface area contributed by atoms with Crippen molar-refractivity contribution in [3.8, 4) is 28.5 Å². The Labute approximate surface area is 269 Å². The van der Waals surface area contributed by atoms with Crippen LogP contribution in [0.3, 0.4) is 0 Å². The van der Waals surface area contributed by atoms with Crippen molar-refractivity contribution in [2.24, 2.45) is 23.7 Å². The third-order valence-electron chi connectivity index (χ3n) is 11.6. The van der Waals surface area contributed by atoms with E-state index in [9.17, 15) is 0 Å². The summed E-state index contributed by atoms with van der Waals surface area (Å²) in [5.74, 6) is 5.76. The predicted octanol–water partition coefficient (Wildman–Crippen LogP) is 10.2. The second-order valence-electron chi connectivity index (χ2n) is 14.4. The highest BCUT2D eigenvalue weighted by molar-refractivity contribution is 6.17. The third kappa shape index (κ3) is 3.82.